The number of likely N-dealkylation sites (N-methyl/N-ethyl adjacent to an activating group) is 3. The average Bonchev–Trinajstić information content (AvgIpc) is 3.80. The lowest BCUT2D eigenvalue weighted by atomic mass is 9.83. The number of benzene rings is 1. The van der Waals surface area contributed by atoms with Crippen LogP contribution in [0.4, 0.5) is 4.79 Å². The molecule has 0 spiro atoms. The molecule has 3 N–H and O–H groups in total. The van der Waals surface area contributed by atoms with Crippen LogP contribution in [0.3, 0.4) is 0 Å². The summed E-state index contributed by atoms with van der Waals surface area (Å²) in [6, 6.07) is 6.74. The van der Waals surface area contributed by atoms with E-state index < -0.39 is 66.6 Å². The molecule has 16 heteroatoms. The van der Waals surface area contributed by atoms with Crippen LogP contribution in [0, 0.1) is 29.6 Å². The SMILES string of the molecule is CC[C@H](C)[C@@H]([C@@H](CC(=O)N1CCC[C@H]1[C@H](OC)[C@@H](C)C(=O)N[C@H](C)[C@@H](O)c1ccccc1)OC)N(C)C(=O)[C@@H](CC(=O)[C@H](C(C)C)N(C)C(=O)OC1/C=C/CCCCC1OCC(=O)NC)C(C)C. The highest BCUT2D eigenvalue weighted by atomic mass is 16.6. The fourth-order valence-electron chi connectivity index (χ4n) is 9.91. The maximum Gasteiger partial charge on any atom is 0.410 e. The van der Waals surface area contributed by atoms with Crippen molar-refractivity contribution in [2.45, 2.75) is 168 Å². The minimum Gasteiger partial charge on any atom is -0.439 e. The van der Waals surface area contributed by atoms with Gasteiger partial charge >= 0.3 is 6.09 Å². The maximum atomic E-state index is 14.7. The van der Waals surface area contributed by atoms with Crippen molar-refractivity contribution in [3.05, 3.63) is 48.0 Å². The Balaban J connectivity index is 1.78. The number of rotatable bonds is 25. The number of hydrogen-bond acceptors (Lipinski definition) is 11. The molecule has 68 heavy (non-hydrogen) atoms. The zero-order valence-electron chi connectivity index (χ0n) is 43.3. The van der Waals surface area contributed by atoms with Gasteiger partial charge in [0.15, 0.2) is 5.78 Å². The van der Waals surface area contributed by atoms with Gasteiger partial charge in [0.25, 0.3) is 0 Å². The predicted octanol–water partition coefficient (Wildman–Crippen LogP) is 6.10. The molecule has 1 aromatic carbocycles. The summed E-state index contributed by atoms with van der Waals surface area (Å²) >= 11 is 0. The summed E-state index contributed by atoms with van der Waals surface area (Å²) in [6.45, 7) is 15.3. The standard InChI is InChI=1S/C52H85N5O11/c1-14-34(6)47(43(65-12)30-45(60)57-28-22-25-39(57)49(66-13)35(7)50(62)54-36(8)48(61)37-23-18-17-19-24-37)55(10)51(63)38(32(2)3)29-40(58)46(33(4)5)56(11)52(64)68-42-27-21-16-15-20-26-41(42)67-31-44(59)53-9/h17-19,21,23-24,27,32-36,38-39,41-43,46-49,61H,14-16,20,22,25-26,28-31H2,1-13H3,(H,53,59)(H,54,62)/b27-21+/t34-,35+,36+,38-,39-,41?,42?,43+,46-,47-,48+,49+/m0/s1. The average molecular weight is 956 g/mol. The molecule has 1 fully saturated rings. The Kier molecular flexibility index (Phi) is 24.1. The Hall–Kier alpha value is -4.38. The van der Waals surface area contributed by atoms with Gasteiger partial charge in [0, 0.05) is 54.2 Å². The normalized spacial score (nSPS) is 22.0. The van der Waals surface area contributed by atoms with Gasteiger partial charge in [-0.15, -0.1) is 0 Å². The minimum absolute atomic E-state index is 0.0293. The third-order valence-electron chi connectivity index (χ3n) is 14.2. The molecule has 0 aromatic heterocycles. The summed E-state index contributed by atoms with van der Waals surface area (Å²) in [5, 5.41) is 16.4. The first-order valence-corrected chi connectivity index (χ1v) is 24.8. The van der Waals surface area contributed by atoms with E-state index in [9.17, 15) is 33.9 Å². The molecule has 3 rings (SSSR count). The Morgan fingerprint density at radius 2 is 1.54 bits per heavy atom. The number of ketones is 1. The number of Topliss-reactive ketones (excluding diaryl/α,β-unsaturated/α-hetero) is 1. The predicted molar refractivity (Wildman–Crippen MR) is 261 cm³/mol. The van der Waals surface area contributed by atoms with Gasteiger partial charge in [-0.3, -0.25) is 24.0 Å². The van der Waals surface area contributed by atoms with Crippen LogP contribution in [-0.2, 0) is 42.9 Å². The van der Waals surface area contributed by atoms with Crippen LogP contribution in [0.2, 0.25) is 0 Å². The zero-order chi connectivity index (χ0) is 50.8. The second-order valence-electron chi connectivity index (χ2n) is 19.6. The quantitative estimate of drug-likeness (QED) is 0.0960. The van der Waals surface area contributed by atoms with Gasteiger partial charge in [0.05, 0.1) is 60.9 Å². The maximum absolute atomic E-state index is 14.7. The third kappa shape index (κ3) is 15.8. The molecular formula is C52H85N5O11. The molecule has 1 aromatic rings. The summed E-state index contributed by atoms with van der Waals surface area (Å²) < 4.78 is 23.9. The molecule has 384 valence electrons. The Morgan fingerprint density at radius 1 is 0.868 bits per heavy atom. The molecule has 12 atom stereocenters. The lowest BCUT2D eigenvalue weighted by molar-refractivity contribution is -0.149. The monoisotopic (exact) mass is 956 g/mol. The number of aliphatic hydroxyl groups is 1. The van der Waals surface area contributed by atoms with E-state index >= 15 is 0 Å². The number of methoxy groups -OCH3 is 2. The van der Waals surface area contributed by atoms with Crippen molar-refractivity contribution in [1.29, 1.82) is 0 Å². The Labute approximate surface area is 406 Å². The number of nitrogens with zero attached hydrogens (tertiary/aromatic N) is 3. The van der Waals surface area contributed by atoms with Crippen LogP contribution >= 0.6 is 0 Å². The molecule has 1 saturated heterocycles. The first-order chi connectivity index (χ1) is 32.2. The summed E-state index contributed by atoms with van der Waals surface area (Å²) in [5.41, 5.74) is 0.691. The van der Waals surface area contributed by atoms with E-state index in [2.05, 4.69) is 10.6 Å². The molecule has 0 bridgehead atoms. The van der Waals surface area contributed by atoms with E-state index in [1.165, 1.54) is 33.2 Å². The minimum atomic E-state index is -0.907. The van der Waals surface area contributed by atoms with Crippen LogP contribution in [0.5, 0.6) is 0 Å². The lowest BCUT2D eigenvalue weighted by Crippen LogP contribution is -2.55. The molecule has 5 amide bonds. The molecule has 1 aliphatic heterocycles. The van der Waals surface area contributed by atoms with E-state index in [1.807, 2.05) is 65.8 Å². The highest BCUT2D eigenvalue weighted by molar-refractivity contribution is 5.92. The van der Waals surface area contributed by atoms with Crippen LogP contribution in [-0.4, -0.2) is 152 Å². The van der Waals surface area contributed by atoms with Gasteiger partial charge in [0.2, 0.25) is 23.6 Å². The van der Waals surface area contributed by atoms with Gasteiger partial charge in [-0.05, 0) is 68.4 Å². The number of likely N-dealkylation sites (tertiary alicyclic amines) is 1. The first-order valence-electron chi connectivity index (χ1n) is 24.8. The molecule has 16 nitrogen and oxygen atoms in total. The molecule has 1 heterocycles. The van der Waals surface area contributed by atoms with Gasteiger partial charge < -0.3 is 49.4 Å². The zero-order valence-corrected chi connectivity index (χ0v) is 43.3. The van der Waals surface area contributed by atoms with E-state index in [0.29, 0.717) is 31.4 Å². The first kappa shape index (κ1) is 57.9. The number of carbonyl (C=O) groups excluding carboxylic acids is 6. The molecule has 1 aliphatic carbocycles. The highest BCUT2D eigenvalue weighted by Gasteiger charge is 2.44. The topological polar surface area (TPSA) is 193 Å². The van der Waals surface area contributed by atoms with Crippen LogP contribution in [0.15, 0.2) is 42.5 Å². The number of nitrogens with one attached hydrogen (secondary N) is 2. The number of allylic oxidation sites excluding steroid dienone is 1. The summed E-state index contributed by atoms with van der Waals surface area (Å²) in [6.07, 6.45) is 4.52. The van der Waals surface area contributed by atoms with E-state index in [-0.39, 0.29) is 72.7 Å². The number of hydrogen-bond donors (Lipinski definition) is 3. The van der Waals surface area contributed by atoms with Gasteiger partial charge in [-0.1, -0.05) is 97.7 Å². The summed E-state index contributed by atoms with van der Waals surface area (Å²) in [5.74, 6) is -3.37. The largest absolute Gasteiger partial charge is 0.439 e. The van der Waals surface area contributed by atoms with Crippen LogP contribution in [0.25, 0.3) is 0 Å². The fraction of sp³-hybridized carbons (Fsp3) is 0.731. The van der Waals surface area contributed by atoms with E-state index in [1.54, 1.807) is 48.9 Å². The van der Waals surface area contributed by atoms with Crippen molar-refractivity contribution in [1.82, 2.24) is 25.3 Å². The van der Waals surface area contributed by atoms with Gasteiger partial charge in [0.1, 0.15) is 12.7 Å². The smallest absolute Gasteiger partial charge is 0.410 e. The molecule has 0 saturated carbocycles. The number of amides is 5. The molecule has 2 aliphatic rings. The second-order valence-corrected chi connectivity index (χ2v) is 19.6. The van der Waals surface area contributed by atoms with Crippen molar-refractivity contribution in [2.24, 2.45) is 29.6 Å². The van der Waals surface area contributed by atoms with Crippen LogP contribution in [0.1, 0.15) is 125 Å². The van der Waals surface area contributed by atoms with Crippen LogP contribution < -0.4 is 10.6 Å². The van der Waals surface area contributed by atoms with Gasteiger partial charge in [-0.2, -0.15) is 0 Å². The molecule has 0 radical (unpaired) electrons. The van der Waals surface area contributed by atoms with Crippen molar-refractivity contribution >= 4 is 35.5 Å². The molecular weight excluding hydrogens is 871 g/mol. The molecule has 2 unspecified atom stereocenters. The van der Waals surface area contributed by atoms with E-state index in [4.69, 9.17) is 18.9 Å². The third-order valence-corrected chi connectivity index (χ3v) is 14.2. The highest BCUT2D eigenvalue weighted by Crippen LogP contribution is 2.32. The van der Waals surface area contributed by atoms with E-state index in [0.717, 1.165) is 25.7 Å². The van der Waals surface area contributed by atoms with Gasteiger partial charge in [-0.25, -0.2) is 4.79 Å². The number of aliphatic hydroxyl groups excluding tert-OH is 1. The summed E-state index contributed by atoms with van der Waals surface area (Å²) in [4.78, 5) is 87.7. The second kappa shape index (κ2) is 28.3. The van der Waals surface area contributed by atoms with Crippen molar-refractivity contribution < 1.29 is 52.8 Å². The lowest BCUT2D eigenvalue weighted by Gasteiger charge is -2.41. The summed E-state index contributed by atoms with van der Waals surface area (Å²) in [7, 11) is 7.84. The Morgan fingerprint density at radius 3 is 2.13 bits per heavy atom. The van der Waals surface area contributed by atoms with Crippen molar-refractivity contribution in [3.63, 3.8) is 0 Å². The fourth-order valence-corrected chi connectivity index (χ4v) is 9.91. The Bertz CT molecular complexity index is 1800. The van der Waals surface area contributed by atoms with Crippen molar-refractivity contribution in [2.75, 3.05) is 48.5 Å². The number of ether oxygens (including phenoxy) is 4. The van der Waals surface area contributed by atoms with Crippen molar-refractivity contribution in [3.8, 4) is 0 Å². The number of carbonyl (C=O) groups is 6.